The van der Waals surface area contributed by atoms with Gasteiger partial charge in [0.1, 0.15) is 27.9 Å². The Morgan fingerprint density at radius 2 is 0.833 bits per heavy atom. The summed E-state index contributed by atoms with van der Waals surface area (Å²) in [4.78, 5) is 0. The zero-order valence-corrected chi connectivity index (χ0v) is 31.0. The fraction of sp³-hybridized carbons (Fsp3) is 0.0400. The molecule has 0 aliphatic heterocycles. The molecule has 0 atom stereocenters. The van der Waals surface area contributed by atoms with Crippen molar-refractivity contribution in [3.63, 3.8) is 0 Å². The number of aromatic nitrogens is 2. The van der Waals surface area contributed by atoms with Crippen molar-refractivity contribution < 1.29 is 35.2 Å². The standard InChI is InChI=1S/C50H26F6N2O2/c51-49(52,53)29-11-9-10-27(24-29)28-25-38(57-36-16-5-1-12-30(36)32-20-22-42-44(47(32)57)34-14-3-7-18-40(34)59-42)46(50(54,55)56)39(26-28)58-37-17-6-2-13-31(37)33-21-23-43-45(48(33)58)35-15-4-8-19-41(35)60-43/h1-26H. The van der Waals surface area contributed by atoms with Crippen LogP contribution in [0, 0.1) is 0 Å². The molecule has 0 radical (unpaired) electrons. The largest absolute Gasteiger partial charge is 0.456 e. The van der Waals surface area contributed by atoms with Gasteiger partial charge in [-0.2, -0.15) is 26.3 Å². The molecule has 10 heteroatoms. The van der Waals surface area contributed by atoms with Gasteiger partial charge in [0.15, 0.2) is 0 Å². The summed E-state index contributed by atoms with van der Waals surface area (Å²) < 4.78 is 109. The minimum absolute atomic E-state index is 0.0976. The van der Waals surface area contributed by atoms with Gasteiger partial charge in [0.05, 0.1) is 49.8 Å². The van der Waals surface area contributed by atoms with Crippen molar-refractivity contribution >= 4 is 87.5 Å². The lowest BCUT2D eigenvalue weighted by atomic mass is 9.97. The molecule has 60 heavy (non-hydrogen) atoms. The second kappa shape index (κ2) is 12.0. The maximum Gasteiger partial charge on any atom is 0.420 e. The smallest absolute Gasteiger partial charge is 0.420 e. The van der Waals surface area contributed by atoms with Crippen LogP contribution < -0.4 is 0 Å². The molecular formula is C50H26F6N2O2. The van der Waals surface area contributed by atoms with E-state index in [1.807, 2.05) is 97.1 Å². The zero-order chi connectivity index (χ0) is 40.7. The second-order valence-electron chi connectivity index (χ2n) is 15.0. The lowest BCUT2D eigenvalue weighted by molar-refractivity contribution is -0.138. The number of hydrogen-bond acceptors (Lipinski definition) is 2. The van der Waals surface area contributed by atoms with Crippen molar-refractivity contribution in [2.24, 2.45) is 0 Å². The molecule has 4 aromatic heterocycles. The van der Waals surface area contributed by atoms with Gasteiger partial charge in [0.2, 0.25) is 0 Å². The number of para-hydroxylation sites is 4. The maximum absolute atomic E-state index is 16.6. The third-order valence-electron chi connectivity index (χ3n) is 11.7. The number of alkyl halides is 6. The van der Waals surface area contributed by atoms with Gasteiger partial charge in [0, 0.05) is 32.3 Å². The minimum atomic E-state index is -4.99. The Hall–Kier alpha value is -7.46. The van der Waals surface area contributed by atoms with Gasteiger partial charge in [-0.1, -0.05) is 84.9 Å². The van der Waals surface area contributed by atoms with Crippen LogP contribution in [0.4, 0.5) is 26.3 Å². The van der Waals surface area contributed by atoms with Gasteiger partial charge in [-0.05, 0) is 83.9 Å². The highest BCUT2D eigenvalue weighted by Gasteiger charge is 2.40. The number of hydrogen-bond donors (Lipinski definition) is 0. The highest BCUT2D eigenvalue weighted by molar-refractivity contribution is 6.26. The average molecular weight is 801 g/mol. The van der Waals surface area contributed by atoms with E-state index in [9.17, 15) is 13.2 Å². The van der Waals surface area contributed by atoms with Crippen LogP contribution in [-0.4, -0.2) is 9.13 Å². The Balaban J connectivity index is 1.33. The van der Waals surface area contributed by atoms with E-state index in [2.05, 4.69) is 0 Å². The van der Waals surface area contributed by atoms with Crippen molar-refractivity contribution in [1.82, 2.24) is 9.13 Å². The molecule has 0 unspecified atom stereocenters. The normalized spacial score (nSPS) is 12.8. The van der Waals surface area contributed by atoms with E-state index in [1.54, 1.807) is 33.4 Å². The van der Waals surface area contributed by atoms with Crippen LogP contribution >= 0.6 is 0 Å². The molecular weight excluding hydrogens is 775 g/mol. The third kappa shape index (κ3) is 4.81. The highest BCUT2D eigenvalue weighted by Crippen LogP contribution is 2.49. The summed E-state index contributed by atoms with van der Waals surface area (Å²) in [6.45, 7) is 0. The fourth-order valence-corrected chi connectivity index (χ4v) is 9.33. The number of furan rings is 2. The molecule has 290 valence electrons. The first-order valence-electron chi connectivity index (χ1n) is 19.1. The lowest BCUT2D eigenvalue weighted by Crippen LogP contribution is -2.16. The summed E-state index contributed by atoms with van der Waals surface area (Å²) in [5.41, 5.74) is 1.83. The van der Waals surface area contributed by atoms with Crippen molar-refractivity contribution in [1.29, 1.82) is 0 Å². The van der Waals surface area contributed by atoms with E-state index in [1.165, 1.54) is 24.3 Å². The Morgan fingerprint density at radius 1 is 0.367 bits per heavy atom. The number of benzene rings is 8. The van der Waals surface area contributed by atoms with Crippen molar-refractivity contribution in [3.05, 3.63) is 169 Å². The Morgan fingerprint density at radius 3 is 1.32 bits per heavy atom. The Kier molecular flexibility index (Phi) is 6.94. The van der Waals surface area contributed by atoms with Crippen LogP contribution in [0.15, 0.2) is 167 Å². The summed E-state index contributed by atoms with van der Waals surface area (Å²) in [5, 5.41) is 5.41. The summed E-state index contributed by atoms with van der Waals surface area (Å²) in [7, 11) is 0. The quantitative estimate of drug-likeness (QED) is 0.167. The number of rotatable bonds is 3. The predicted molar refractivity (Wildman–Crippen MR) is 225 cm³/mol. The van der Waals surface area contributed by atoms with Gasteiger partial charge in [-0.25, -0.2) is 0 Å². The molecule has 0 saturated heterocycles. The van der Waals surface area contributed by atoms with E-state index < -0.39 is 23.5 Å². The molecule has 0 amide bonds. The maximum atomic E-state index is 16.6. The first kappa shape index (κ1) is 34.6. The predicted octanol–water partition coefficient (Wildman–Crippen LogP) is 15.4. The van der Waals surface area contributed by atoms with Crippen LogP contribution in [-0.2, 0) is 12.4 Å². The van der Waals surface area contributed by atoms with E-state index in [0.717, 1.165) is 12.1 Å². The van der Waals surface area contributed by atoms with Gasteiger partial charge in [-0.3, -0.25) is 0 Å². The molecule has 0 aliphatic rings. The molecule has 0 fully saturated rings. The summed E-state index contributed by atoms with van der Waals surface area (Å²) in [5.74, 6) is 0. The Bertz CT molecular complexity index is 3560. The lowest BCUT2D eigenvalue weighted by Gasteiger charge is -2.23. The number of halogens is 6. The van der Waals surface area contributed by atoms with Crippen LogP contribution in [0.3, 0.4) is 0 Å². The molecule has 4 heterocycles. The van der Waals surface area contributed by atoms with Gasteiger partial charge in [0.25, 0.3) is 0 Å². The second-order valence-corrected chi connectivity index (χ2v) is 15.0. The van der Waals surface area contributed by atoms with Crippen molar-refractivity contribution in [3.8, 4) is 22.5 Å². The summed E-state index contributed by atoms with van der Waals surface area (Å²) in [6.07, 6.45) is -9.69. The highest BCUT2D eigenvalue weighted by atomic mass is 19.4. The monoisotopic (exact) mass is 800 g/mol. The molecule has 0 bridgehead atoms. The SMILES string of the molecule is FC(F)(F)c1cccc(-c2cc(-n3c4ccccc4c4ccc5oc6ccccc6c5c43)c(C(F)(F)F)c(-n3c4ccccc4c4ccc5oc6ccccc6c5c43)c2)c1. The van der Waals surface area contributed by atoms with Crippen molar-refractivity contribution in [2.75, 3.05) is 0 Å². The Labute approximate surface area is 334 Å². The first-order valence-corrected chi connectivity index (χ1v) is 19.1. The summed E-state index contributed by atoms with van der Waals surface area (Å²) >= 11 is 0. The van der Waals surface area contributed by atoms with Gasteiger partial charge < -0.3 is 18.0 Å². The van der Waals surface area contributed by atoms with Crippen LogP contribution in [0.5, 0.6) is 0 Å². The van der Waals surface area contributed by atoms with Gasteiger partial charge in [-0.15, -0.1) is 0 Å². The van der Waals surface area contributed by atoms with Crippen LogP contribution in [0.25, 0.3) is 110 Å². The van der Waals surface area contributed by atoms with E-state index in [-0.39, 0.29) is 22.5 Å². The summed E-state index contributed by atoms with van der Waals surface area (Å²) in [6, 6.07) is 43.9. The molecule has 4 nitrogen and oxygen atoms in total. The van der Waals surface area contributed by atoms with Crippen molar-refractivity contribution in [2.45, 2.75) is 12.4 Å². The van der Waals surface area contributed by atoms with Crippen LogP contribution in [0.2, 0.25) is 0 Å². The van der Waals surface area contributed by atoms with E-state index in [4.69, 9.17) is 8.83 Å². The molecule has 0 aliphatic carbocycles. The zero-order valence-electron chi connectivity index (χ0n) is 31.0. The minimum Gasteiger partial charge on any atom is -0.456 e. The number of nitrogens with zero attached hydrogens (tertiary/aromatic N) is 2. The first-order chi connectivity index (χ1) is 29.0. The molecule has 12 aromatic rings. The molecule has 0 spiro atoms. The third-order valence-corrected chi connectivity index (χ3v) is 11.7. The van der Waals surface area contributed by atoms with E-state index >= 15 is 13.2 Å². The van der Waals surface area contributed by atoms with Crippen LogP contribution in [0.1, 0.15) is 11.1 Å². The van der Waals surface area contributed by atoms with Gasteiger partial charge >= 0.3 is 12.4 Å². The fourth-order valence-electron chi connectivity index (χ4n) is 9.33. The van der Waals surface area contributed by atoms with E-state index in [0.29, 0.717) is 87.5 Å². The number of fused-ring (bicyclic) bond motifs is 14. The molecule has 0 saturated carbocycles. The molecule has 8 aromatic carbocycles. The average Bonchev–Trinajstić information content (AvgIpc) is 4.00. The molecule has 0 N–H and O–H groups in total. The topological polar surface area (TPSA) is 36.1 Å². The molecule has 12 rings (SSSR count).